The van der Waals surface area contributed by atoms with E-state index in [0.29, 0.717) is 18.9 Å². The van der Waals surface area contributed by atoms with Crippen LogP contribution < -0.4 is 9.47 Å². The first-order chi connectivity index (χ1) is 8.35. The van der Waals surface area contributed by atoms with Crippen molar-refractivity contribution in [2.45, 2.75) is 6.92 Å². The number of benzene rings is 1. The third kappa shape index (κ3) is 2.85. The van der Waals surface area contributed by atoms with E-state index in [-0.39, 0.29) is 0 Å². The Hall–Kier alpha value is -1.36. The van der Waals surface area contributed by atoms with E-state index < -0.39 is 0 Å². The van der Waals surface area contributed by atoms with Crippen molar-refractivity contribution in [1.29, 1.82) is 0 Å². The molecule has 5 heteroatoms. The van der Waals surface area contributed by atoms with Crippen LogP contribution in [0.4, 0.5) is 0 Å². The number of fused-ring (bicyclic) bond motifs is 1. The second-order valence-corrected chi connectivity index (χ2v) is 4.93. The van der Waals surface area contributed by atoms with Gasteiger partial charge in [0.2, 0.25) is 0 Å². The molecule has 2 rings (SSSR count). The molecular weight excluding hydrogens is 238 g/mol. The van der Waals surface area contributed by atoms with Crippen molar-refractivity contribution in [2.75, 3.05) is 24.7 Å². The predicted octanol–water partition coefficient (Wildman–Crippen LogP) is 2.39. The maximum absolute atomic E-state index is 8.76. The Labute approximate surface area is 105 Å². The van der Waals surface area contributed by atoms with Gasteiger partial charge in [0.1, 0.15) is 23.8 Å². The summed E-state index contributed by atoms with van der Waals surface area (Å²) in [5.74, 6) is 3.60. The second kappa shape index (κ2) is 5.82. The van der Waals surface area contributed by atoms with Gasteiger partial charge in [0.05, 0.1) is 6.61 Å². The lowest BCUT2D eigenvalue weighted by Crippen LogP contribution is -2.01. The van der Waals surface area contributed by atoms with Crippen LogP contribution >= 0.6 is 11.8 Å². The zero-order valence-corrected chi connectivity index (χ0v) is 10.5. The van der Waals surface area contributed by atoms with E-state index in [2.05, 4.69) is 12.1 Å². The molecule has 0 aliphatic carbocycles. The Morgan fingerprint density at radius 1 is 1.53 bits per heavy atom. The van der Waals surface area contributed by atoms with E-state index in [0.717, 1.165) is 28.6 Å². The Balaban J connectivity index is 1.98. The lowest BCUT2D eigenvalue weighted by Gasteiger charge is -2.06. The van der Waals surface area contributed by atoms with Crippen molar-refractivity contribution in [3.63, 3.8) is 0 Å². The van der Waals surface area contributed by atoms with Crippen LogP contribution in [-0.2, 0) is 0 Å². The van der Waals surface area contributed by atoms with Gasteiger partial charge in [-0.2, -0.15) is 11.8 Å². The number of nitrogens with zero attached hydrogens (tertiary/aromatic N) is 1. The molecule has 1 aliphatic heterocycles. The van der Waals surface area contributed by atoms with Crippen LogP contribution in [0.3, 0.4) is 0 Å². The second-order valence-electron chi connectivity index (χ2n) is 3.54. The first kappa shape index (κ1) is 12.1. The average Bonchev–Trinajstić information content (AvgIpc) is 2.77. The van der Waals surface area contributed by atoms with E-state index in [9.17, 15) is 0 Å². The number of rotatable bonds is 5. The summed E-state index contributed by atoms with van der Waals surface area (Å²) in [6.45, 7) is 3.14. The molecule has 0 saturated heterocycles. The van der Waals surface area contributed by atoms with Crippen LogP contribution in [0, 0.1) is 0 Å². The molecule has 0 fully saturated rings. The smallest absolute Gasteiger partial charge is 0.134 e. The molecule has 1 heterocycles. The summed E-state index contributed by atoms with van der Waals surface area (Å²) in [6.07, 6.45) is 0. The van der Waals surface area contributed by atoms with Crippen LogP contribution in [0.15, 0.2) is 23.4 Å². The Kier molecular flexibility index (Phi) is 4.14. The van der Waals surface area contributed by atoms with Gasteiger partial charge in [-0.3, -0.25) is 0 Å². The summed E-state index contributed by atoms with van der Waals surface area (Å²) >= 11 is 1.85. The van der Waals surface area contributed by atoms with Gasteiger partial charge >= 0.3 is 0 Å². The van der Waals surface area contributed by atoms with E-state index in [1.54, 1.807) is 0 Å². The minimum Gasteiger partial charge on any atom is -0.493 e. The maximum Gasteiger partial charge on any atom is 0.134 e. The van der Waals surface area contributed by atoms with Crippen molar-refractivity contribution in [3.05, 3.63) is 23.8 Å². The van der Waals surface area contributed by atoms with E-state index in [4.69, 9.17) is 14.7 Å². The van der Waals surface area contributed by atoms with E-state index in [1.807, 2.05) is 30.0 Å². The van der Waals surface area contributed by atoms with Crippen molar-refractivity contribution < 1.29 is 14.7 Å². The zero-order valence-electron chi connectivity index (χ0n) is 9.68. The third-order valence-electron chi connectivity index (χ3n) is 2.45. The fourth-order valence-corrected chi connectivity index (χ4v) is 2.11. The summed E-state index contributed by atoms with van der Waals surface area (Å²) < 4.78 is 11.0. The number of oxime groups is 1. The number of hydrogen-bond donors (Lipinski definition) is 1. The topological polar surface area (TPSA) is 51.0 Å². The number of hydrogen-bond acceptors (Lipinski definition) is 5. The van der Waals surface area contributed by atoms with E-state index in [1.165, 1.54) is 0 Å². The zero-order chi connectivity index (χ0) is 12.1. The molecule has 4 nitrogen and oxygen atoms in total. The first-order valence-corrected chi connectivity index (χ1v) is 6.69. The molecule has 0 radical (unpaired) electrons. The molecule has 0 spiro atoms. The Bertz CT molecular complexity index is 420. The highest BCUT2D eigenvalue weighted by molar-refractivity contribution is 7.99. The standard InChI is InChI=1S/C12H15NO3S/c1-2-17-6-5-15-9-3-4-10-11(13-14)8-16-12(10)7-9/h3-4,7,14H,2,5-6,8H2,1H3/b13-11+. The van der Waals surface area contributed by atoms with Gasteiger partial charge in [0.15, 0.2) is 0 Å². The van der Waals surface area contributed by atoms with Gasteiger partial charge in [0.25, 0.3) is 0 Å². The number of ether oxygens (including phenoxy) is 2. The summed E-state index contributed by atoms with van der Waals surface area (Å²) in [6, 6.07) is 5.57. The lowest BCUT2D eigenvalue weighted by atomic mass is 10.1. The van der Waals surface area contributed by atoms with Crippen LogP contribution in [0.25, 0.3) is 0 Å². The monoisotopic (exact) mass is 253 g/mol. The molecule has 1 aromatic carbocycles. The SMILES string of the molecule is CCSCCOc1ccc2c(c1)OC/C2=N\O. The minimum absolute atomic E-state index is 0.320. The fourth-order valence-electron chi connectivity index (χ4n) is 1.62. The van der Waals surface area contributed by atoms with Crippen LogP contribution in [0.5, 0.6) is 11.5 Å². The van der Waals surface area contributed by atoms with Crippen molar-refractivity contribution in [3.8, 4) is 11.5 Å². The maximum atomic E-state index is 8.76. The van der Waals surface area contributed by atoms with Gasteiger partial charge < -0.3 is 14.7 Å². The van der Waals surface area contributed by atoms with E-state index >= 15 is 0 Å². The number of thioether (sulfide) groups is 1. The average molecular weight is 253 g/mol. The molecular formula is C12H15NO3S. The lowest BCUT2D eigenvalue weighted by molar-refractivity contribution is 0.313. The molecule has 17 heavy (non-hydrogen) atoms. The summed E-state index contributed by atoms with van der Waals surface area (Å²) in [5.41, 5.74) is 1.40. The highest BCUT2D eigenvalue weighted by atomic mass is 32.2. The van der Waals surface area contributed by atoms with Crippen molar-refractivity contribution in [1.82, 2.24) is 0 Å². The predicted molar refractivity (Wildman–Crippen MR) is 68.8 cm³/mol. The normalized spacial score (nSPS) is 15.7. The Morgan fingerprint density at radius 2 is 2.41 bits per heavy atom. The molecule has 0 unspecified atom stereocenters. The molecule has 0 bridgehead atoms. The van der Waals surface area contributed by atoms with Gasteiger partial charge in [-0.1, -0.05) is 12.1 Å². The molecule has 1 aromatic rings. The summed E-state index contributed by atoms with van der Waals surface area (Å²) in [7, 11) is 0. The largest absolute Gasteiger partial charge is 0.493 e. The minimum atomic E-state index is 0.320. The molecule has 0 amide bonds. The quantitative estimate of drug-likeness (QED) is 0.497. The fraction of sp³-hybridized carbons (Fsp3) is 0.417. The third-order valence-corrected chi connectivity index (χ3v) is 3.31. The summed E-state index contributed by atoms with van der Waals surface area (Å²) in [4.78, 5) is 0. The van der Waals surface area contributed by atoms with Gasteiger partial charge in [0, 0.05) is 17.4 Å². The molecule has 92 valence electrons. The van der Waals surface area contributed by atoms with Gasteiger partial charge in [-0.25, -0.2) is 0 Å². The van der Waals surface area contributed by atoms with Crippen LogP contribution in [-0.4, -0.2) is 35.6 Å². The molecule has 1 aliphatic rings. The van der Waals surface area contributed by atoms with Crippen molar-refractivity contribution in [2.24, 2.45) is 5.16 Å². The van der Waals surface area contributed by atoms with Gasteiger partial charge in [-0.05, 0) is 17.9 Å². The van der Waals surface area contributed by atoms with Crippen LogP contribution in [0.2, 0.25) is 0 Å². The molecule has 1 N–H and O–H groups in total. The molecule has 0 atom stereocenters. The highest BCUT2D eigenvalue weighted by Gasteiger charge is 2.20. The summed E-state index contributed by atoms with van der Waals surface area (Å²) in [5, 5.41) is 11.9. The van der Waals surface area contributed by atoms with Crippen molar-refractivity contribution >= 4 is 17.5 Å². The Morgan fingerprint density at radius 3 is 3.18 bits per heavy atom. The molecule has 0 aromatic heterocycles. The highest BCUT2D eigenvalue weighted by Crippen LogP contribution is 2.29. The first-order valence-electron chi connectivity index (χ1n) is 5.54. The van der Waals surface area contributed by atoms with Crippen LogP contribution in [0.1, 0.15) is 12.5 Å². The van der Waals surface area contributed by atoms with Gasteiger partial charge in [-0.15, -0.1) is 0 Å². The molecule has 0 saturated carbocycles.